The Balaban J connectivity index is 0.00000136. The third-order valence-electron chi connectivity index (χ3n) is 4.54. The van der Waals surface area contributed by atoms with Crippen molar-refractivity contribution in [1.82, 2.24) is 14.9 Å². The van der Waals surface area contributed by atoms with Crippen LogP contribution in [-0.2, 0) is 0 Å². The summed E-state index contributed by atoms with van der Waals surface area (Å²) in [4.78, 5) is 13.5. The van der Waals surface area contributed by atoms with Crippen molar-refractivity contribution in [3.8, 4) is 11.3 Å². The van der Waals surface area contributed by atoms with Crippen LogP contribution in [0, 0.1) is 11.2 Å². The van der Waals surface area contributed by atoms with E-state index in [2.05, 4.69) is 19.8 Å². The molecule has 0 saturated carbocycles. The molecule has 6 nitrogen and oxygen atoms in total. The van der Waals surface area contributed by atoms with Gasteiger partial charge in [-0.25, -0.2) is 9.37 Å². The molecule has 0 atom stereocenters. The van der Waals surface area contributed by atoms with Crippen LogP contribution < -0.4 is 10.6 Å². The van der Waals surface area contributed by atoms with Crippen LogP contribution in [0.4, 0.5) is 10.2 Å². The summed E-state index contributed by atoms with van der Waals surface area (Å²) in [5.41, 5.74) is 8.98. The Morgan fingerprint density at radius 2 is 1.71 bits per heavy atom. The zero-order chi connectivity index (χ0) is 20.5. The van der Waals surface area contributed by atoms with Crippen LogP contribution in [0.15, 0.2) is 47.9 Å². The van der Waals surface area contributed by atoms with Crippen LogP contribution >= 0.6 is 0 Å². The quantitative estimate of drug-likeness (QED) is 0.773. The summed E-state index contributed by atoms with van der Waals surface area (Å²) in [6, 6.07) is 6.33. The minimum Gasteiger partial charge on any atom is -0.402 e. The van der Waals surface area contributed by atoms with E-state index in [9.17, 15) is 4.39 Å². The molecular formula is C21H29FN6. The molecular weight excluding hydrogens is 355 g/mol. The number of allylic oxidation sites excluding steroid dienone is 1. The fourth-order valence-electron chi connectivity index (χ4n) is 3.02. The Hall–Kier alpha value is -2.80. The fraction of sp³-hybridized carbons (Fsp3) is 0.381. The number of hydrogen-bond acceptors (Lipinski definition) is 6. The number of benzene rings is 1. The van der Waals surface area contributed by atoms with Gasteiger partial charge in [0.2, 0.25) is 0 Å². The van der Waals surface area contributed by atoms with Gasteiger partial charge in [-0.3, -0.25) is 9.88 Å². The van der Waals surface area contributed by atoms with E-state index in [0.717, 1.165) is 48.8 Å². The number of nitrogens with two attached hydrogens (primary N) is 1. The molecule has 2 aromatic rings. The molecule has 1 aromatic heterocycles. The van der Waals surface area contributed by atoms with Gasteiger partial charge in [0.25, 0.3) is 0 Å². The Labute approximate surface area is 166 Å². The van der Waals surface area contributed by atoms with Gasteiger partial charge in [-0.05, 0) is 31.2 Å². The molecule has 0 bridgehead atoms. The van der Waals surface area contributed by atoms with E-state index in [4.69, 9.17) is 11.1 Å². The molecule has 0 unspecified atom stereocenters. The summed E-state index contributed by atoms with van der Waals surface area (Å²) in [6.07, 6.45) is 4.67. The standard InChI is InChI=1S/C19H23FN6.C2H6/c1-14(22)16(12-21)13-25-8-10-26(11-9-25)19-18(23-6-7-24-19)15-2-4-17(20)5-3-15;1-2/h2-7,12,21H,8-11,13,22H2,1H3;1-2H3/b16-14+,21-12?;. The largest absolute Gasteiger partial charge is 0.402 e. The van der Waals surface area contributed by atoms with Gasteiger partial charge in [0.05, 0.1) is 0 Å². The number of nitrogens with one attached hydrogen (secondary N) is 1. The van der Waals surface area contributed by atoms with Gasteiger partial charge >= 0.3 is 0 Å². The molecule has 0 aliphatic carbocycles. The third kappa shape index (κ3) is 5.36. The second kappa shape index (κ2) is 10.5. The number of halogens is 1. The van der Waals surface area contributed by atoms with Crippen molar-refractivity contribution in [2.75, 3.05) is 37.6 Å². The molecule has 1 aliphatic heterocycles. The molecule has 150 valence electrons. The number of piperazine rings is 1. The number of anilines is 1. The first kappa shape index (κ1) is 21.5. The maximum Gasteiger partial charge on any atom is 0.155 e. The molecule has 1 saturated heterocycles. The summed E-state index contributed by atoms with van der Waals surface area (Å²) < 4.78 is 13.2. The topological polar surface area (TPSA) is 82.1 Å². The van der Waals surface area contributed by atoms with Crippen LogP contribution in [0.3, 0.4) is 0 Å². The zero-order valence-corrected chi connectivity index (χ0v) is 16.8. The lowest BCUT2D eigenvalue weighted by molar-refractivity contribution is 0.280. The van der Waals surface area contributed by atoms with Crippen LogP contribution in [0.5, 0.6) is 0 Å². The first-order valence-electron chi connectivity index (χ1n) is 9.58. The second-order valence-corrected chi connectivity index (χ2v) is 6.35. The lowest BCUT2D eigenvalue weighted by atomic mass is 10.1. The number of rotatable bonds is 5. The van der Waals surface area contributed by atoms with Crippen molar-refractivity contribution in [2.45, 2.75) is 20.8 Å². The highest BCUT2D eigenvalue weighted by Gasteiger charge is 2.22. The third-order valence-corrected chi connectivity index (χ3v) is 4.54. The molecule has 2 heterocycles. The molecule has 1 fully saturated rings. The van der Waals surface area contributed by atoms with E-state index in [1.807, 2.05) is 20.8 Å². The van der Waals surface area contributed by atoms with Gasteiger partial charge in [-0.1, -0.05) is 13.8 Å². The van der Waals surface area contributed by atoms with Crippen molar-refractivity contribution in [2.24, 2.45) is 5.73 Å². The van der Waals surface area contributed by atoms with E-state index < -0.39 is 0 Å². The smallest absolute Gasteiger partial charge is 0.155 e. The van der Waals surface area contributed by atoms with Crippen LogP contribution in [0.2, 0.25) is 0 Å². The monoisotopic (exact) mass is 384 g/mol. The van der Waals surface area contributed by atoms with E-state index >= 15 is 0 Å². The molecule has 3 rings (SSSR count). The average Bonchev–Trinajstić information content (AvgIpc) is 2.74. The second-order valence-electron chi connectivity index (χ2n) is 6.35. The Kier molecular flexibility index (Phi) is 8.07. The fourth-order valence-corrected chi connectivity index (χ4v) is 3.02. The lowest BCUT2D eigenvalue weighted by Gasteiger charge is -2.36. The van der Waals surface area contributed by atoms with Gasteiger partial charge < -0.3 is 16.0 Å². The highest BCUT2D eigenvalue weighted by molar-refractivity contribution is 5.77. The average molecular weight is 385 g/mol. The maximum absolute atomic E-state index is 13.2. The normalized spacial score (nSPS) is 15.4. The van der Waals surface area contributed by atoms with E-state index in [-0.39, 0.29) is 5.82 Å². The van der Waals surface area contributed by atoms with E-state index in [1.54, 1.807) is 24.5 Å². The van der Waals surface area contributed by atoms with Crippen LogP contribution in [0.1, 0.15) is 20.8 Å². The first-order valence-corrected chi connectivity index (χ1v) is 9.58. The highest BCUT2D eigenvalue weighted by atomic mass is 19.1. The van der Waals surface area contributed by atoms with Crippen LogP contribution in [0.25, 0.3) is 11.3 Å². The van der Waals surface area contributed by atoms with Gasteiger partial charge in [0.1, 0.15) is 11.5 Å². The van der Waals surface area contributed by atoms with Crippen molar-refractivity contribution >= 4 is 12.0 Å². The summed E-state index contributed by atoms with van der Waals surface area (Å²) in [5.74, 6) is 0.551. The number of hydrogen-bond donors (Lipinski definition) is 2. The molecule has 28 heavy (non-hydrogen) atoms. The minimum absolute atomic E-state index is 0.266. The van der Waals surface area contributed by atoms with Gasteiger partial charge in [0, 0.05) is 68.2 Å². The Morgan fingerprint density at radius 1 is 1.11 bits per heavy atom. The zero-order valence-electron chi connectivity index (χ0n) is 16.8. The van der Waals surface area contributed by atoms with Crippen LogP contribution in [-0.4, -0.2) is 53.8 Å². The first-order chi connectivity index (χ1) is 13.6. The van der Waals surface area contributed by atoms with Crippen molar-refractivity contribution in [3.63, 3.8) is 0 Å². The van der Waals surface area contributed by atoms with Gasteiger partial charge in [0.15, 0.2) is 5.82 Å². The minimum atomic E-state index is -0.266. The number of nitrogens with zero attached hydrogens (tertiary/aromatic N) is 4. The molecule has 3 N–H and O–H groups in total. The van der Waals surface area contributed by atoms with E-state index in [0.29, 0.717) is 12.2 Å². The summed E-state index contributed by atoms with van der Waals surface area (Å²) in [5, 5.41) is 7.48. The molecule has 0 amide bonds. The predicted molar refractivity (Wildman–Crippen MR) is 113 cm³/mol. The Morgan fingerprint density at radius 3 is 2.29 bits per heavy atom. The Bertz CT molecular complexity index is 791. The maximum atomic E-state index is 13.2. The summed E-state index contributed by atoms with van der Waals surface area (Å²) in [6.45, 7) is 9.83. The molecule has 1 aromatic carbocycles. The predicted octanol–water partition coefficient (Wildman–Crippen LogP) is 3.31. The molecule has 1 aliphatic rings. The molecule has 0 radical (unpaired) electrons. The molecule has 7 heteroatoms. The summed E-state index contributed by atoms with van der Waals surface area (Å²) >= 11 is 0. The highest BCUT2D eigenvalue weighted by Crippen LogP contribution is 2.27. The van der Waals surface area contributed by atoms with Crippen molar-refractivity contribution < 1.29 is 4.39 Å². The van der Waals surface area contributed by atoms with Gasteiger partial charge in [-0.15, -0.1) is 0 Å². The SMILES string of the molecule is C/C(N)=C(/C=N)CN1CCN(c2nccnc2-c2ccc(F)cc2)CC1.CC. The van der Waals surface area contributed by atoms with Crippen molar-refractivity contribution in [1.29, 1.82) is 5.41 Å². The molecule has 0 spiro atoms. The van der Waals surface area contributed by atoms with Gasteiger partial charge in [-0.2, -0.15) is 0 Å². The summed E-state index contributed by atoms with van der Waals surface area (Å²) in [7, 11) is 0. The van der Waals surface area contributed by atoms with E-state index in [1.165, 1.54) is 18.3 Å². The number of aromatic nitrogens is 2. The van der Waals surface area contributed by atoms with Crippen molar-refractivity contribution in [3.05, 3.63) is 53.7 Å². The lowest BCUT2D eigenvalue weighted by Crippen LogP contribution is -2.47.